The van der Waals surface area contributed by atoms with Crippen molar-refractivity contribution in [1.29, 1.82) is 0 Å². The van der Waals surface area contributed by atoms with Crippen molar-refractivity contribution in [2.24, 2.45) is 0 Å². The fourth-order valence-electron chi connectivity index (χ4n) is 2.75. The molecule has 0 saturated heterocycles. The number of nitrogens with zero attached hydrogens (tertiary/aromatic N) is 1. The highest BCUT2D eigenvalue weighted by atomic mass is 35.5. The number of carbonyl (C=O) groups excluding carboxylic acids is 1. The van der Waals surface area contributed by atoms with Gasteiger partial charge < -0.3 is 9.64 Å². The highest BCUT2D eigenvalue weighted by Crippen LogP contribution is 2.20. The summed E-state index contributed by atoms with van der Waals surface area (Å²) in [5, 5.41) is 0.669. The van der Waals surface area contributed by atoms with Crippen molar-refractivity contribution < 1.29 is 9.53 Å². The quantitative estimate of drug-likeness (QED) is 0.566. The molecular formula is C23H22ClNO2. The Morgan fingerprint density at radius 2 is 1.74 bits per heavy atom. The highest BCUT2D eigenvalue weighted by Gasteiger charge is 2.13. The summed E-state index contributed by atoms with van der Waals surface area (Å²) >= 11 is 6.16. The molecule has 0 aromatic heterocycles. The van der Waals surface area contributed by atoms with Crippen LogP contribution in [0.15, 0.2) is 72.8 Å². The second-order valence-electron chi connectivity index (χ2n) is 6.55. The molecule has 0 aliphatic carbocycles. The number of amides is 1. The average molecular weight is 380 g/mol. The molecule has 0 N–H and O–H groups in total. The van der Waals surface area contributed by atoms with Crippen molar-refractivity contribution >= 4 is 17.5 Å². The third-order valence-electron chi connectivity index (χ3n) is 4.32. The van der Waals surface area contributed by atoms with Crippen LogP contribution in [0.25, 0.3) is 0 Å². The first-order valence-corrected chi connectivity index (χ1v) is 9.18. The summed E-state index contributed by atoms with van der Waals surface area (Å²) < 4.78 is 5.82. The molecule has 0 heterocycles. The predicted octanol–water partition coefficient (Wildman–Crippen LogP) is 5.50. The number of benzene rings is 3. The van der Waals surface area contributed by atoms with Crippen LogP contribution in [0, 0.1) is 6.92 Å². The maximum absolute atomic E-state index is 12.7. The molecule has 0 bridgehead atoms. The van der Waals surface area contributed by atoms with E-state index in [0.29, 0.717) is 29.5 Å². The number of aryl methyl sites for hydroxylation is 1. The van der Waals surface area contributed by atoms with Gasteiger partial charge in [0.25, 0.3) is 5.91 Å². The number of carbonyl (C=O) groups is 1. The molecule has 0 aliphatic heterocycles. The van der Waals surface area contributed by atoms with Crippen LogP contribution in [0.1, 0.15) is 27.0 Å². The summed E-state index contributed by atoms with van der Waals surface area (Å²) in [5.74, 6) is 0.600. The first-order valence-electron chi connectivity index (χ1n) is 8.80. The fourth-order valence-corrected chi connectivity index (χ4v) is 2.95. The Hall–Kier alpha value is -2.78. The Kier molecular flexibility index (Phi) is 6.15. The molecule has 3 aromatic carbocycles. The lowest BCUT2D eigenvalue weighted by Gasteiger charge is -2.18. The zero-order valence-electron chi connectivity index (χ0n) is 15.5. The van der Waals surface area contributed by atoms with Gasteiger partial charge in [-0.15, -0.1) is 0 Å². The number of halogens is 1. The van der Waals surface area contributed by atoms with Crippen LogP contribution in [-0.4, -0.2) is 17.9 Å². The van der Waals surface area contributed by atoms with E-state index < -0.39 is 0 Å². The van der Waals surface area contributed by atoms with Gasteiger partial charge in [-0.1, -0.05) is 65.7 Å². The smallest absolute Gasteiger partial charge is 0.254 e. The summed E-state index contributed by atoms with van der Waals surface area (Å²) in [4.78, 5) is 14.5. The van der Waals surface area contributed by atoms with E-state index in [9.17, 15) is 4.79 Å². The van der Waals surface area contributed by atoms with Gasteiger partial charge in [0.1, 0.15) is 12.4 Å². The lowest BCUT2D eigenvalue weighted by molar-refractivity contribution is 0.0784. The van der Waals surface area contributed by atoms with Crippen molar-refractivity contribution in [3.8, 4) is 5.75 Å². The molecule has 1 amide bonds. The summed E-state index contributed by atoms with van der Waals surface area (Å²) in [7, 11) is 1.81. The van der Waals surface area contributed by atoms with Gasteiger partial charge in [0, 0.05) is 29.7 Å². The van der Waals surface area contributed by atoms with Gasteiger partial charge >= 0.3 is 0 Å². The van der Waals surface area contributed by atoms with Gasteiger partial charge in [-0.25, -0.2) is 0 Å². The van der Waals surface area contributed by atoms with Crippen LogP contribution in [-0.2, 0) is 13.2 Å². The molecule has 0 atom stereocenters. The summed E-state index contributed by atoms with van der Waals surface area (Å²) in [5.41, 5.74) is 3.81. The zero-order chi connectivity index (χ0) is 19.2. The average Bonchev–Trinajstić information content (AvgIpc) is 2.69. The van der Waals surface area contributed by atoms with Gasteiger partial charge in [0.15, 0.2) is 0 Å². The van der Waals surface area contributed by atoms with E-state index in [-0.39, 0.29) is 5.91 Å². The number of ether oxygens (including phenoxy) is 1. The SMILES string of the molecule is Cc1ccc(CN(C)C(=O)c2cccc(OCc3ccccc3Cl)c2)cc1. The Balaban J connectivity index is 1.66. The Morgan fingerprint density at radius 3 is 2.48 bits per heavy atom. The topological polar surface area (TPSA) is 29.5 Å². The van der Waals surface area contributed by atoms with E-state index in [4.69, 9.17) is 16.3 Å². The third kappa shape index (κ3) is 5.11. The molecule has 3 rings (SSSR count). The second kappa shape index (κ2) is 8.74. The third-order valence-corrected chi connectivity index (χ3v) is 4.69. The summed E-state index contributed by atoms with van der Waals surface area (Å²) in [6, 6.07) is 23.0. The van der Waals surface area contributed by atoms with E-state index >= 15 is 0 Å². The monoisotopic (exact) mass is 379 g/mol. The Bertz CT molecular complexity index is 922. The van der Waals surface area contributed by atoms with E-state index in [1.807, 2.05) is 55.5 Å². The largest absolute Gasteiger partial charge is 0.489 e. The fraction of sp³-hybridized carbons (Fsp3) is 0.174. The zero-order valence-corrected chi connectivity index (χ0v) is 16.2. The molecule has 27 heavy (non-hydrogen) atoms. The van der Waals surface area contributed by atoms with E-state index in [2.05, 4.69) is 12.1 Å². The molecule has 0 aliphatic rings. The van der Waals surface area contributed by atoms with Crippen molar-refractivity contribution in [1.82, 2.24) is 4.90 Å². The second-order valence-corrected chi connectivity index (χ2v) is 6.96. The minimum atomic E-state index is -0.0428. The molecule has 0 radical (unpaired) electrons. The first-order chi connectivity index (χ1) is 13.0. The molecule has 0 spiro atoms. The van der Waals surface area contributed by atoms with Crippen LogP contribution in [0.4, 0.5) is 0 Å². The van der Waals surface area contributed by atoms with Gasteiger partial charge in [0.2, 0.25) is 0 Å². The van der Waals surface area contributed by atoms with Crippen LogP contribution in [0.3, 0.4) is 0 Å². The van der Waals surface area contributed by atoms with E-state index in [1.165, 1.54) is 5.56 Å². The van der Waals surface area contributed by atoms with Gasteiger partial charge in [0.05, 0.1) is 0 Å². The predicted molar refractivity (Wildman–Crippen MR) is 109 cm³/mol. The Morgan fingerprint density at radius 1 is 1.00 bits per heavy atom. The van der Waals surface area contributed by atoms with Crippen molar-refractivity contribution in [3.05, 3.63) is 100 Å². The van der Waals surface area contributed by atoms with Crippen LogP contribution >= 0.6 is 11.6 Å². The van der Waals surface area contributed by atoms with E-state index in [1.54, 1.807) is 24.1 Å². The maximum atomic E-state index is 12.7. The standard InChI is InChI=1S/C23H22ClNO2/c1-17-10-12-18(13-11-17)15-25(2)23(26)19-7-5-8-21(14-19)27-16-20-6-3-4-9-22(20)24/h3-14H,15-16H2,1-2H3. The number of rotatable bonds is 6. The summed E-state index contributed by atoms with van der Waals surface area (Å²) in [6.45, 7) is 2.97. The first kappa shape index (κ1) is 19.0. The minimum Gasteiger partial charge on any atom is -0.489 e. The molecule has 0 saturated carbocycles. The van der Waals surface area contributed by atoms with Gasteiger partial charge in [-0.05, 0) is 36.8 Å². The molecule has 4 heteroatoms. The van der Waals surface area contributed by atoms with Crippen molar-refractivity contribution in [3.63, 3.8) is 0 Å². The lowest BCUT2D eigenvalue weighted by atomic mass is 10.1. The van der Waals surface area contributed by atoms with Gasteiger partial charge in [-0.2, -0.15) is 0 Å². The van der Waals surface area contributed by atoms with Crippen molar-refractivity contribution in [2.75, 3.05) is 7.05 Å². The molecule has 0 fully saturated rings. The molecular weight excluding hydrogens is 358 g/mol. The number of hydrogen-bond donors (Lipinski definition) is 0. The van der Waals surface area contributed by atoms with Crippen LogP contribution in [0.2, 0.25) is 5.02 Å². The summed E-state index contributed by atoms with van der Waals surface area (Å²) in [6.07, 6.45) is 0. The van der Waals surface area contributed by atoms with Crippen molar-refractivity contribution in [2.45, 2.75) is 20.1 Å². The van der Waals surface area contributed by atoms with Gasteiger partial charge in [-0.3, -0.25) is 4.79 Å². The molecule has 0 unspecified atom stereocenters. The normalized spacial score (nSPS) is 10.5. The Labute approximate surface area is 165 Å². The van der Waals surface area contributed by atoms with E-state index in [0.717, 1.165) is 11.1 Å². The highest BCUT2D eigenvalue weighted by molar-refractivity contribution is 6.31. The lowest BCUT2D eigenvalue weighted by Crippen LogP contribution is -2.26. The maximum Gasteiger partial charge on any atom is 0.254 e. The molecule has 3 aromatic rings. The number of hydrogen-bond acceptors (Lipinski definition) is 2. The molecule has 138 valence electrons. The minimum absolute atomic E-state index is 0.0428. The van der Waals surface area contributed by atoms with Crippen LogP contribution in [0.5, 0.6) is 5.75 Å². The van der Waals surface area contributed by atoms with Crippen LogP contribution < -0.4 is 4.74 Å². The molecule has 3 nitrogen and oxygen atoms in total.